The third-order valence-corrected chi connectivity index (χ3v) is 4.01. The normalized spacial score (nSPS) is 17.8. The van der Waals surface area contributed by atoms with Crippen molar-refractivity contribution in [3.05, 3.63) is 30.1 Å². The topological polar surface area (TPSA) is 75.1 Å². The summed E-state index contributed by atoms with van der Waals surface area (Å²) in [5, 5.41) is 16.8. The number of benzene rings is 1. The minimum Gasteiger partial charge on any atom is -0.489 e. The number of aliphatic hydroxyl groups is 1. The summed E-state index contributed by atoms with van der Waals surface area (Å²) in [5.74, 6) is 0.969. The Morgan fingerprint density at radius 2 is 1.96 bits per heavy atom. The summed E-state index contributed by atoms with van der Waals surface area (Å²) in [5.41, 5.74) is -0.795. The van der Waals surface area contributed by atoms with Crippen LogP contribution in [0.5, 0.6) is 5.75 Å². The average Bonchev–Trinajstić information content (AvgIpc) is 2.60. The van der Waals surface area contributed by atoms with Crippen LogP contribution in [0.2, 0.25) is 0 Å². The minimum absolute atomic E-state index is 0. The van der Waals surface area contributed by atoms with E-state index in [0.717, 1.165) is 6.54 Å². The van der Waals surface area contributed by atoms with Crippen LogP contribution in [-0.2, 0) is 4.74 Å². The Bertz CT molecular complexity index is 551. The lowest BCUT2D eigenvalue weighted by atomic mass is 9.95. The van der Waals surface area contributed by atoms with Gasteiger partial charge in [-0.05, 0) is 38.1 Å². The summed E-state index contributed by atoms with van der Waals surface area (Å²) < 4.78 is 23.9. The molecule has 0 aliphatic carbocycles. The molecular weight excluding hydrogens is 452 g/mol. The van der Waals surface area contributed by atoms with Crippen LogP contribution >= 0.6 is 24.0 Å². The lowest BCUT2D eigenvalue weighted by Gasteiger charge is -2.30. The second-order valence-electron chi connectivity index (χ2n) is 6.30. The number of nitrogens with one attached hydrogen (secondary N) is 2. The van der Waals surface area contributed by atoms with E-state index in [9.17, 15) is 9.50 Å². The molecular formula is C18H29FIN3O3. The molecule has 0 amide bonds. The zero-order valence-corrected chi connectivity index (χ0v) is 17.7. The van der Waals surface area contributed by atoms with Crippen molar-refractivity contribution in [2.24, 2.45) is 4.99 Å². The van der Waals surface area contributed by atoms with Crippen LogP contribution in [0, 0.1) is 5.82 Å². The molecule has 1 aromatic rings. The molecule has 0 bridgehead atoms. The fraction of sp³-hybridized carbons (Fsp3) is 0.611. The van der Waals surface area contributed by atoms with E-state index in [2.05, 4.69) is 15.6 Å². The molecule has 0 spiro atoms. The number of aliphatic imine (C=N–C) groups is 1. The molecule has 0 aromatic heterocycles. The van der Waals surface area contributed by atoms with Gasteiger partial charge in [0, 0.05) is 32.6 Å². The SMILES string of the molecule is CCNC(=NCC1(O)CCOCC1)NCC(C)Oc1ccc(F)cc1.I. The van der Waals surface area contributed by atoms with Crippen LogP contribution in [0.15, 0.2) is 29.3 Å². The van der Waals surface area contributed by atoms with Gasteiger partial charge in [0.15, 0.2) is 5.96 Å². The highest BCUT2D eigenvalue weighted by atomic mass is 127. The Morgan fingerprint density at radius 1 is 1.31 bits per heavy atom. The van der Waals surface area contributed by atoms with Gasteiger partial charge in [-0.1, -0.05) is 0 Å². The number of rotatable bonds is 7. The molecule has 148 valence electrons. The van der Waals surface area contributed by atoms with Gasteiger partial charge in [-0.15, -0.1) is 24.0 Å². The Morgan fingerprint density at radius 3 is 2.58 bits per heavy atom. The fourth-order valence-corrected chi connectivity index (χ4v) is 2.50. The van der Waals surface area contributed by atoms with Crippen molar-refractivity contribution in [2.45, 2.75) is 38.4 Å². The molecule has 1 unspecified atom stereocenters. The van der Waals surface area contributed by atoms with Gasteiger partial charge >= 0.3 is 0 Å². The smallest absolute Gasteiger partial charge is 0.191 e. The highest BCUT2D eigenvalue weighted by Crippen LogP contribution is 2.20. The molecule has 0 radical (unpaired) electrons. The van der Waals surface area contributed by atoms with Crippen LogP contribution < -0.4 is 15.4 Å². The molecule has 1 aliphatic rings. The monoisotopic (exact) mass is 481 g/mol. The molecule has 1 aliphatic heterocycles. The van der Waals surface area contributed by atoms with Crippen LogP contribution in [0.25, 0.3) is 0 Å². The quantitative estimate of drug-likeness (QED) is 0.317. The Hall–Kier alpha value is -1.13. The molecule has 1 saturated heterocycles. The van der Waals surface area contributed by atoms with Crippen molar-refractivity contribution in [2.75, 3.05) is 32.8 Å². The number of hydrogen-bond donors (Lipinski definition) is 3. The van der Waals surface area contributed by atoms with Gasteiger partial charge < -0.3 is 25.2 Å². The van der Waals surface area contributed by atoms with Gasteiger partial charge in [0.05, 0.1) is 18.7 Å². The van der Waals surface area contributed by atoms with Crippen LogP contribution in [0.3, 0.4) is 0 Å². The number of nitrogens with zero attached hydrogens (tertiary/aromatic N) is 1. The van der Waals surface area contributed by atoms with Crippen LogP contribution in [0.4, 0.5) is 4.39 Å². The first-order valence-corrected chi connectivity index (χ1v) is 8.75. The summed E-state index contributed by atoms with van der Waals surface area (Å²) in [6, 6.07) is 5.95. The van der Waals surface area contributed by atoms with E-state index in [-0.39, 0.29) is 35.9 Å². The predicted molar refractivity (Wildman–Crippen MR) is 111 cm³/mol. The lowest BCUT2D eigenvalue weighted by molar-refractivity contribution is -0.0565. The maximum absolute atomic E-state index is 12.9. The van der Waals surface area contributed by atoms with Crippen molar-refractivity contribution in [1.82, 2.24) is 10.6 Å². The van der Waals surface area contributed by atoms with Crippen molar-refractivity contribution >= 4 is 29.9 Å². The van der Waals surface area contributed by atoms with E-state index < -0.39 is 5.60 Å². The summed E-state index contributed by atoms with van der Waals surface area (Å²) in [6.07, 6.45) is 1.07. The molecule has 3 N–H and O–H groups in total. The van der Waals surface area contributed by atoms with Gasteiger partial charge in [0.1, 0.15) is 17.7 Å². The lowest BCUT2D eigenvalue weighted by Crippen LogP contribution is -2.44. The van der Waals surface area contributed by atoms with Gasteiger partial charge in [-0.3, -0.25) is 4.99 Å². The third-order valence-electron chi connectivity index (χ3n) is 4.01. The Labute approximate surface area is 171 Å². The second-order valence-corrected chi connectivity index (χ2v) is 6.30. The molecule has 1 atom stereocenters. The molecule has 6 nitrogen and oxygen atoms in total. The van der Waals surface area contributed by atoms with Gasteiger partial charge in [-0.2, -0.15) is 0 Å². The fourth-order valence-electron chi connectivity index (χ4n) is 2.50. The zero-order chi connectivity index (χ0) is 18.1. The maximum atomic E-state index is 12.9. The van der Waals surface area contributed by atoms with Gasteiger partial charge in [0.25, 0.3) is 0 Å². The Balaban J connectivity index is 0.00000338. The first kappa shape index (κ1) is 22.9. The number of ether oxygens (including phenoxy) is 2. The molecule has 1 fully saturated rings. The molecule has 26 heavy (non-hydrogen) atoms. The number of guanidine groups is 1. The summed E-state index contributed by atoms with van der Waals surface area (Å²) >= 11 is 0. The molecule has 1 heterocycles. The van der Waals surface area contributed by atoms with E-state index in [0.29, 0.717) is 50.9 Å². The van der Waals surface area contributed by atoms with Crippen molar-refractivity contribution in [1.29, 1.82) is 0 Å². The maximum Gasteiger partial charge on any atom is 0.191 e. The predicted octanol–water partition coefficient (Wildman–Crippen LogP) is 2.31. The number of halogens is 2. The van der Waals surface area contributed by atoms with E-state index in [1.807, 2.05) is 13.8 Å². The van der Waals surface area contributed by atoms with E-state index in [4.69, 9.17) is 9.47 Å². The molecule has 2 rings (SSSR count). The summed E-state index contributed by atoms with van der Waals surface area (Å²) in [6.45, 7) is 6.63. The second kappa shape index (κ2) is 11.6. The van der Waals surface area contributed by atoms with Crippen molar-refractivity contribution in [3.63, 3.8) is 0 Å². The zero-order valence-electron chi connectivity index (χ0n) is 15.3. The average molecular weight is 481 g/mol. The minimum atomic E-state index is -0.795. The third kappa shape index (κ3) is 8.05. The van der Waals surface area contributed by atoms with Crippen molar-refractivity contribution in [3.8, 4) is 5.75 Å². The standard InChI is InChI=1S/C18H28FN3O3.HI/c1-3-20-17(22-13-18(23)8-10-24-11-9-18)21-12-14(2)25-16-6-4-15(19)5-7-16;/h4-7,14,23H,3,8-13H2,1-2H3,(H2,20,21,22);1H. The Kier molecular flexibility index (Phi) is 10.2. The molecule has 8 heteroatoms. The van der Waals surface area contributed by atoms with Crippen LogP contribution in [0.1, 0.15) is 26.7 Å². The summed E-state index contributed by atoms with van der Waals surface area (Å²) in [4.78, 5) is 4.48. The van der Waals surface area contributed by atoms with Crippen LogP contribution in [-0.4, -0.2) is 55.6 Å². The first-order chi connectivity index (χ1) is 12.0. The first-order valence-electron chi connectivity index (χ1n) is 8.75. The van der Waals surface area contributed by atoms with Gasteiger partial charge in [0.2, 0.25) is 0 Å². The highest BCUT2D eigenvalue weighted by molar-refractivity contribution is 14.0. The highest BCUT2D eigenvalue weighted by Gasteiger charge is 2.29. The van der Waals surface area contributed by atoms with Gasteiger partial charge in [-0.25, -0.2) is 4.39 Å². The largest absolute Gasteiger partial charge is 0.489 e. The van der Waals surface area contributed by atoms with E-state index in [1.165, 1.54) is 12.1 Å². The number of hydrogen-bond acceptors (Lipinski definition) is 4. The molecule has 1 aromatic carbocycles. The summed E-state index contributed by atoms with van der Waals surface area (Å²) in [7, 11) is 0. The molecule has 0 saturated carbocycles. The van der Waals surface area contributed by atoms with E-state index in [1.54, 1.807) is 12.1 Å². The van der Waals surface area contributed by atoms with Crippen molar-refractivity contribution < 1.29 is 19.0 Å². The van der Waals surface area contributed by atoms with E-state index >= 15 is 0 Å².